The van der Waals surface area contributed by atoms with Crippen LogP contribution in [0.4, 0.5) is 4.39 Å². The van der Waals surface area contributed by atoms with E-state index in [4.69, 9.17) is 5.73 Å². The molecule has 1 heterocycles. The average Bonchev–Trinajstić information content (AvgIpc) is 2.85. The number of carbonyl (C=O) groups is 1. The second-order valence-corrected chi connectivity index (χ2v) is 5.46. The Kier molecular flexibility index (Phi) is 5.52. The lowest BCUT2D eigenvalue weighted by Gasteiger charge is -2.18. The summed E-state index contributed by atoms with van der Waals surface area (Å²) in [6.45, 7) is 4.05. The van der Waals surface area contributed by atoms with Crippen LogP contribution in [-0.2, 0) is 0 Å². The lowest BCUT2D eigenvalue weighted by Crippen LogP contribution is -2.45. The summed E-state index contributed by atoms with van der Waals surface area (Å²) < 4.78 is 12.9. The normalized spacial score (nSPS) is 10.9. The molecular weight excluding hydrogens is 293 g/mol. The van der Waals surface area contributed by atoms with Crippen LogP contribution in [0.1, 0.15) is 24.2 Å². The first-order valence-corrected chi connectivity index (χ1v) is 6.36. The molecule has 0 spiro atoms. The Morgan fingerprint density at radius 2 is 1.90 bits per heavy atom. The number of aromatic nitrogens is 1. The first-order chi connectivity index (χ1) is 9.37. The topological polar surface area (TPSA) is 70.9 Å². The third-order valence-corrected chi connectivity index (χ3v) is 2.85. The lowest BCUT2D eigenvalue weighted by atomic mass is 10.0. The fraction of sp³-hybridized carbons (Fsp3) is 0.267. The van der Waals surface area contributed by atoms with Crippen LogP contribution in [0.25, 0.3) is 11.1 Å². The summed E-state index contributed by atoms with van der Waals surface area (Å²) in [5.41, 5.74) is 7.40. The van der Waals surface area contributed by atoms with Gasteiger partial charge in [0, 0.05) is 30.0 Å². The molecule has 0 aliphatic rings. The van der Waals surface area contributed by atoms with Crippen LogP contribution in [-0.4, -0.2) is 23.0 Å². The molecule has 0 bridgehead atoms. The van der Waals surface area contributed by atoms with Crippen LogP contribution >= 0.6 is 12.4 Å². The maximum atomic E-state index is 12.9. The second kappa shape index (κ2) is 6.74. The van der Waals surface area contributed by atoms with Gasteiger partial charge in [-0.2, -0.15) is 0 Å². The van der Waals surface area contributed by atoms with Gasteiger partial charge >= 0.3 is 0 Å². The van der Waals surface area contributed by atoms with Crippen molar-refractivity contribution in [2.24, 2.45) is 5.73 Å². The predicted molar refractivity (Wildman–Crippen MR) is 84.0 cm³/mol. The average molecular weight is 312 g/mol. The van der Waals surface area contributed by atoms with Crippen molar-refractivity contribution in [3.8, 4) is 11.1 Å². The number of nitrogens with one attached hydrogen (secondary N) is 2. The Balaban J connectivity index is 0.00000220. The summed E-state index contributed by atoms with van der Waals surface area (Å²) in [5, 5.41) is 2.79. The highest BCUT2D eigenvalue weighted by molar-refractivity contribution is 6.00. The van der Waals surface area contributed by atoms with Gasteiger partial charge in [0.15, 0.2) is 0 Å². The molecule has 4 nitrogen and oxygen atoms in total. The van der Waals surface area contributed by atoms with Crippen molar-refractivity contribution in [2.45, 2.75) is 19.4 Å². The first-order valence-electron chi connectivity index (χ1n) is 6.36. The van der Waals surface area contributed by atoms with E-state index in [1.54, 1.807) is 24.5 Å². The van der Waals surface area contributed by atoms with E-state index in [-0.39, 0.29) is 24.1 Å². The Hall–Kier alpha value is -1.85. The van der Waals surface area contributed by atoms with Gasteiger partial charge in [-0.1, -0.05) is 12.1 Å². The van der Waals surface area contributed by atoms with Crippen LogP contribution in [0.5, 0.6) is 0 Å². The standard InChI is InChI=1S/C15H18FN3O.ClH/c1-15(2,17)9-19-14(20)13-8-18-7-12(13)10-3-5-11(16)6-4-10;/h3-8,18H,9,17H2,1-2H3,(H,19,20);1H. The Bertz CT molecular complexity index is 602. The molecule has 0 aliphatic heterocycles. The SMILES string of the molecule is CC(C)(N)CNC(=O)c1c[nH]cc1-c1ccc(F)cc1.Cl. The highest BCUT2D eigenvalue weighted by Crippen LogP contribution is 2.23. The summed E-state index contributed by atoms with van der Waals surface area (Å²) in [5.74, 6) is -0.510. The number of H-pyrrole nitrogens is 1. The van der Waals surface area contributed by atoms with Crippen molar-refractivity contribution < 1.29 is 9.18 Å². The minimum Gasteiger partial charge on any atom is -0.366 e. The van der Waals surface area contributed by atoms with Gasteiger partial charge in [-0.3, -0.25) is 4.79 Å². The molecule has 0 atom stereocenters. The molecule has 2 aromatic rings. The molecule has 1 aromatic carbocycles. The van der Waals surface area contributed by atoms with Crippen molar-refractivity contribution in [3.05, 3.63) is 48.0 Å². The second-order valence-electron chi connectivity index (χ2n) is 5.46. The molecule has 4 N–H and O–H groups in total. The van der Waals surface area contributed by atoms with Crippen molar-refractivity contribution in [1.82, 2.24) is 10.3 Å². The Morgan fingerprint density at radius 1 is 1.29 bits per heavy atom. The van der Waals surface area contributed by atoms with Crippen LogP contribution in [0.3, 0.4) is 0 Å². The van der Waals surface area contributed by atoms with Gasteiger partial charge in [0.1, 0.15) is 5.82 Å². The number of halogens is 2. The zero-order valence-electron chi connectivity index (χ0n) is 11.9. The first kappa shape index (κ1) is 17.2. The van der Waals surface area contributed by atoms with Gasteiger partial charge in [0.2, 0.25) is 0 Å². The van der Waals surface area contributed by atoms with Gasteiger partial charge < -0.3 is 16.0 Å². The molecule has 0 saturated heterocycles. The molecular formula is C15H19ClFN3O. The Labute approximate surface area is 129 Å². The molecule has 0 aliphatic carbocycles. The lowest BCUT2D eigenvalue weighted by molar-refractivity contribution is 0.0947. The van der Waals surface area contributed by atoms with E-state index < -0.39 is 5.54 Å². The Morgan fingerprint density at radius 3 is 2.48 bits per heavy atom. The van der Waals surface area contributed by atoms with E-state index in [1.807, 2.05) is 13.8 Å². The van der Waals surface area contributed by atoms with Gasteiger partial charge in [-0.15, -0.1) is 12.4 Å². The maximum Gasteiger partial charge on any atom is 0.253 e. The number of aromatic amines is 1. The van der Waals surface area contributed by atoms with Gasteiger partial charge in [0.05, 0.1) is 5.56 Å². The smallest absolute Gasteiger partial charge is 0.253 e. The van der Waals surface area contributed by atoms with Crippen molar-refractivity contribution in [3.63, 3.8) is 0 Å². The molecule has 0 saturated carbocycles. The number of amides is 1. The molecule has 21 heavy (non-hydrogen) atoms. The third kappa shape index (κ3) is 4.58. The summed E-state index contributed by atoms with van der Waals surface area (Å²) >= 11 is 0. The zero-order valence-corrected chi connectivity index (χ0v) is 12.8. The van der Waals surface area contributed by atoms with Crippen LogP contribution in [0, 0.1) is 5.82 Å². The molecule has 0 radical (unpaired) electrons. The van der Waals surface area contributed by atoms with Crippen molar-refractivity contribution in [1.29, 1.82) is 0 Å². The molecule has 2 rings (SSSR count). The van der Waals surface area contributed by atoms with Crippen LogP contribution < -0.4 is 11.1 Å². The number of hydrogen-bond donors (Lipinski definition) is 3. The van der Waals surface area contributed by atoms with Crippen molar-refractivity contribution >= 4 is 18.3 Å². The van der Waals surface area contributed by atoms with E-state index in [0.29, 0.717) is 12.1 Å². The molecule has 6 heteroatoms. The quantitative estimate of drug-likeness (QED) is 0.812. The summed E-state index contributed by atoms with van der Waals surface area (Å²) in [7, 11) is 0. The monoisotopic (exact) mass is 311 g/mol. The minimum absolute atomic E-state index is 0. The van der Waals surface area contributed by atoms with Gasteiger partial charge in [-0.25, -0.2) is 4.39 Å². The highest BCUT2D eigenvalue weighted by Gasteiger charge is 2.17. The number of hydrogen-bond acceptors (Lipinski definition) is 2. The van der Waals surface area contributed by atoms with E-state index >= 15 is 0 Å². The fourth-order valence-corrected chi connectivity index (χ4v) is 1.82. The van der Waals surface area contributed by atoms with Crippen LogP contribution in [0.2, 0.25) is 0 Å². The number of rotatable bonds is 4. The van der Waals surface area contributed by atoms with E-state index in [9.17, 15) is 9.18 Å². The predicted octanol–water partition coefficient (Wildman–Crippen LogP) is 2.71. The summed E-state index contributed by atoms with van der Waals surface area (Å²) in [6, 6.07) is 6.02. The van der Waals surface area contributed by atoms with E-state index in [2.05, 4.69) is 10.3 Å². The third-order valence-electron chi connectivity index (χ3n) is 2.85. The summed E-state index contributed by atoms with van der Waals surface area (Å²) in [6.07, 6.45) is 3.34. The zero-order chi connectivity index (χ0) is 14.8. The molecule has 1 aromatic heterocycles. The maximum absolute atomic E-state index is 12.9. The summed E-state index contributed by atoms with van der Waals surface area (Å²) in [4.78, 5) is 15.1. The number of nitrogens with two attached hydrogens (primary N) is 1. The van der Waals surface area contributed by atoms with E-state index in [1.165, 1.54) is 12.1 Å². The van der Waals surface area contributed by atoms with Crippen molar-refractivity contribution in [2.75, 3.05) is 6.54 Å². The molecule has 0 unspecified atom stereocenters. The fourth-order valence-electron chi connectivity index (χ4n) is 1.82. The number of carbonyl (C=O) groups excluding carboxylic acids is 1. The molecule has 0 fully saturated rings. The highest BCUT2D eigenvalue weighted by atomic mass is 35.5. The van der Waals surface area contributed by atoms with E-state index in [0.717, 1.165) is 11.1 Å². The van der Waals surface area contributed by atoms with Crippen LogP contribution in [0.15, 0.2) is 36.7 Å². The van der Waals surface area contributed by atoms with Gasteiger partial charge in [-0.05, 0) is 31.5 Å². The molecule has 114 valence electrons. The van der Waals surface area contributed by atoms with Gasteiger partial charge in [0.25, 0.3) is 5.91 Å². The minimum atomic E-state index is -0.470. The molecule has 1 amide bonds. The number of benzene rings is 1. The largest absolute Gasteiger partial charge is 0.366 e.